The van der Waals surface area contributed by atoms with Crippen LogP contribution in [-0.2, 0) is 35.6 Å². The van der Waals surface area contributed by atoms with Crippen molar-refractivity contribution in [3.8, 4) is 22.3 Å². The SMILES string of the molecule is COC(=O)CC(c1ccc(-c2ccccc2)cc1)N(C[C@H]1CCCN1S(=O)(=O)c1ccccc1S(C)(=O)=O)C(=O)c1ccc(-c2ccc(C(F)(F)F)cc2)cc1. The number of esters is 1. The van der Waals surface area contributed by atoms with E-state index in [0.29, 0.717) is 29.5 Å². The molecule has 5 aromatic carbocycles. The molecule has 9 nitrogen and oxygen atoms in total. The highest BCUT2D eigenvalue weighted by molar-refractivity contribution is 7.93. The maximum absolute atomic E-state index is 14.7. The minimum atomic E-state index is -4.49. The van der Waals surface area contributed by atoms with Gasteiger partial charge in [-0.3, -0.25) is 9.59 Å². The highest BCUT2D eigenvalue weighted by Gasteiger charge is 2.41. The van der Waals surface area contributed by atoms with Gasteiger partial charge < -0.3 is 9.64 Å². The number of sulfone groups is 1. The zero-order valence-electron chi connectivity index (χ0n) is 30.5. The number of hydrogen-bond donors (Lipinski definition) is 0. The largest absolute Gasteiger partial charge is 0.469 e. The second-order valence-corrected chi connectivity index (χ2v) is 17.4. The van der Waals surface area contributed by atoms with Crippen molar-refractivity contribution < 1.29 is 44.3 Å². The molecular weight excluding hydrogens is 766 g/mol. The lowest BCUT2D eigenvalue weighted by Gasteiger charge is -2.36. The van der Waals surface area contributed by atoms with Crippen molar-refractivity contribution in [2.75, 3.05) is 26.5 Å². The van der Waals surface area contributed by atoms with E-state index in [1.54, 1.807) is 24.3 Å². The van der Waals surface area contributed by atoms with Crippen molar-refractivity contribution in [3.63, 3.8) is 0 Å². The fraction of sp³-hybridized carbons (Fsp3) is 0.238. The minimum Gasteiger partial charge on any atom is -0.469 e. The van der Waals surface area contributed by atoms with Crippen molar-refractivity contribution in [1.29, 1.82) is 0 Å². The Bertz CT molecular complexity index is 2410. The number of halogens is 3. The Kier molecular flexibility index (Phi) is 11.8. The highest BCUT2D eigenvalue weighted by atomic mass is 32.2. The van der Waals surface area contributed by atoms with Gasteiger partial charge in [-0.1, -0.05) is 91.0 Å². The Balaban J connectivity index is 1.40. The second-order valence-electron chi connectivity index (χ2n) is 13.5. The van der Waals surface area contributed by atoms with Crippen LogP contribution in [0.4, 0.5) is 13.2 Å². The minimum absolute atomic E-state index is 0.0718. The molecule has 1 amide bonds. The molecule has 2 atom stereocenters. The smallest absolute Gasteiger partial charge is 0.416 e. The van der Waals surface area contributed by atoms with E-state index in [2.05, 4.69) is 0 Å². The summed E-state index contributed by atoms with van der Waals surface area (Å²) in [5.41, 5.74) is 2.87. The van der Waals surface area contributed by atoms with Gasteiger partial charge in [0, 0.05) is 31.0 Å². The molecule has 56 heavy (non-hydrogen) atoms. The van der Waals surface area contributed by atoms with Gasteiger partial charge in [-0.25, -0.2) is 16.8 Å². The van der Waals surface area contributed by atoms with Crippen LogP contribution in [0.2, 0.25) is 0 Å². The summed E-state index contributed by atoms with van der Waals surface area (Å²) >= 11 is 0. The average Bonchev–Trinajstić information content (AvgIpc) is 3.68. The lowest BCUT2D eigenvalue weighted by Crippen LogP contribution is -2.47. The van der Waals surface area contributed by atoms with E-state index < -0.39 is 55.6 Å². The fourth-order valence-electron chi connectivity index (χ4n) is 6.98. The summed E-state index contributed by atoms with van der Waals surface area (Å²) in [4.78, 5) is 28.5. The Labute approximate surface area is 324 Å². The third-order valence-electron chi connectivity index (χ3n) is 9.87. The molecule has 1 aliphatic heterocycles. The van der Waals surface area contributed by atoms with Crippen LogP contribution in [0.5, 0.6) is 0 Å². The monoisotopic (exact) mass is 804 g/mol. The number of alkyl halides is 3. The number of nitrogens with zero attached hydrogens (tertiary/aromatic N) is 2. The Morgan fingerprint density at radius 2 is 1.27 bits per heavy atom. The molecule has 1 saturated heterocycles. The summed E-state index contributed by atoms with van der Waals surface area (Å²) in [6, 6.07) is 31.5. The standard InChI is InChI=1S/C42H39F3N2O7S2/c1-54-40(48)27-37(33-18-14-30(15-19-33)29-9-4-3-5-10-29)46(41(49)34-20-16-31(17-21-34)32-22-24-35(25-23-32)42(43,44)45)28-36-11-8-26-47(36)56(52,53)39-13-7-6-12-38(39)55(2,50)51/h3-7,9-10,12-25,36-37H,8,11,26-28H2,1-2H3/t36-,37?/m1/s1. The fourth-order valence-corrected chi connectivity index (χ4v) is 10.3. The Hall–Kier alpha value is -5.31. The number of rotatable bonds is 12. The normalized spacial score (nSPS) is 15.6. The van der Waals surface area contributed by atoms with E-state index in [1.807, 2.05) is 42.5 Å². The lowest BCUT2D eigenvalue weighted by molar-refractivity contribution is -0.142. The van der Waals surface area contributed by atoms with Crippen LogP contribution >= 0.6 is 0 Å². The van der Waals surface area contributed by atoms with Crippen LogP contribution in [0.25, 0.3) is 22.3 Å². The van der Waals surface area contributed by atoms with Crippen molar-refractivity contribution in [3.05, 3.63) is 144 Å². The van der Waals surface area contributed by atoms with Gasteiger partial charge in [-0.15, -0.1) is 0 Å². The van der Waals surface area contributed by atoms with Gasteiger partial charge in [0.05, 0.1) is 30.0 Å². The third-order valence-corrected chi connectivity index (χ3v) is 13.2. The summed E-state index contributed by atoms with van der Waals surface area (Å²) in [6.45, 7) is -0.0930. The first-order valence-corrected chi connectivity index (χ1v) is 21.0. The van der Waals surface area contributed by atoms with Crippen LogP contribution in [0.15, 0.2) is 137 Å². The van der Waals surface area contributed by atoms with E-state index in [1.165, 1.54) is 64.8 Å². The zero-order chi connectivity index (χ0) is 40.3. The molecular formula is C42H39F3N2O7S2. The van der Waals surface area contributed by atoms with Crippen LogP contribution in [-0.4, -0.2) is 70.4 Å². The maximum atomic E-state index is 14.7. The molecule has 0 N–H and O–H groups in total. The van der Waals surface area contributed by atoms with Crippen LogP contribution in [0.1, 0.15) is 46.8 Å². The number of carbonyl (C=O) groups excluding carboxylic acids is 2. The average molecular weight is 805 g/mol. The molecule has 14 heteroatoms. The molecule has 0 radical (unpaired) electrons. The van der Waals surface area contributed by atoms with Gasteiger partial charge >= 0.3 is 12.1 Å². The molecule has 292 valence electrons. The molecule has 0 aliphatic carbocycles. The van der Waals surface area contributed by atoms with E-state index in [4.69, 9.17) is 4.74 Å². The summed E-state index contributed by atoms with van der Waals surface area (Å²) < 4.78 is 99.6. The van der Waals surface area contributed by atoms with Gasteiger partial charge in [0.1, 0.15) is 4.90 Å². The highest BCUT2D eigenvalue weighted by Crippen LogP contribution is 2.36. The molecule has 1 heterocycles. The maximum Gasteiger partial charge on any atom is 0.416 e. The van der Waals surface area contributed by atoms with Gasteiger partial charge in [0.2, 0.25) is 10.0 Å². The molecule has 0 aromatic heterocycles. The number of amides is 1. The predicted molar refractivity (Wildman–Crippen MR) is 206 cm³/mol. The zero-order valence-corrected chi connectivity index (χ0v) is 32.2. The second kappa shape index (κ2) is 16.4. The molecule has 6 rings (SSSR count). The topological polar surface area (TPSA) is 118 Å². The van der Waals surface area contributed by atoms with E-state index in [0.717, 1.165) is 29.5 Å². The summed E-state index contributed by atoms with van der Waals surface area (Å²) in [7, 11) is -7.09. The van der Waals surface area contributed by atoms with Crippen LogP contribution in [0, 0.1) is 0 Å². The number of carbonyl (C=O) groups is 2. The quantitative estimate of drug-likeness (QED) is 0.117. The molecule has 0 spiro atoms. The van der Waals surface area contributed by atoms with Gasteiger partial charge in [-0.2, -0.15) is 17.5 Å². The molecule has 1 aliphatic rings. The third kappa shape index (κ3) is 8.88. The van der Waals surface area contributed by atoms with Crippen molar-refractivity contribution in [2.45, 2.75) is 47.3 Å². The Morgan fingerprint density at radius 3 is 1.82 bits per heavy atom. The number of ether oxygens (including phenoxy) is 1. The Morgan fingerprint density at radius 1 is 0.750 bits per heavy atom. The van der Waals surface area contributed by atoms with E-state index in [-0.39, 0.29) is 34.9 Å². The summed E-state index contributed by atoms with van der Waals surface area (Å²) in [5, 5.41) is 0. The van der Waals surface area contributed by atoms with Crippen molar-refractivity contribution >= 4 is 31.7 Å². The van der Waals surface area contributed by atoms with Crippen LogP contribution < -0.4 is 0 Å². The van der Waals surface area contributed by atoms with Gasteiger partial charge in [-0.05, 0) is 77.1 Å². The summed E-state index contributed by atoms with van der Waals surface area (Å²) in [6.07, 6.45) is -3.05. The van der Waals surface area contributed by atoms with E-state index >= 15 is 0 Å². The molecule has 5 aromatic rings. The molecule has 1 unspecified atom stereocenters. The number of hydrogen-bond acceptors (Lipinski definition) is 7. The van der Waals surface area contributed by atoms with Crippen molar-refractivity contribution in [2.24, 2.45) is 0 Å². The van der Waals surface area contributed by atoms with Crippen molar-refractivity contribution in [1.82, 2.24) is 9.21 Å². The first kappa shape index (κ1) is 40.4. The lowest BCUT2D eigenvalue weighted by atomic mass is 9.96. The van der Waals surface area contributed by atoms with E-state index in [9.17, 15) is 39.6 Å². The summed E-state index contributed by atoms with van der Waals surface area (Å²) in [5.74, 6) is -1.15. The van der Waals surface area contributed by atoms with Gasteiger partial charge in [0.25, 0.3) is 5.91 Å². The number of methoxy groups -OCH3 is 1. The molecule has 1 fully saturated rings. The van der Waals surface area contributed by atoms with Crippen LogP contribution in [0.3, 0.4) is 0 Å². The number of benzene rings is 5. The first-order chi connectivity index (χ1) is 26.6. The number of sulfonamides is 1. The molecule has 0 bridgehead atoms. The predicted octanol–water partition coefficient (Wildman–Crippen LogP) is 8.04. The first-order valence-electron chi connectivity index (χ1n) is 17.7. The van der Waals surface area contributed by atoms with Gasteiger partial charge in [0.15, 0.2) is 9.84 Å². The molecule has 0 saturated carbocycles.